The quantitative estimate of drug-likeness (QED) is 0.619. The Morgan fingerprint density at radius 2 is 2.12 bits per heavy atom. The van der Waals surface area contributed by atoms with Crippen molar-refractivity contribution in [2.45, 2.75) is 0 Å². The van der Waals surface area contributed by atoms with Crippen LogP contribution in [0.5, 0.6) is 0 Å². The van der Waals surface area contributed by atoms with Crippen LogP contribution >= 0.6 is 0 Å². The molecule has 3 rings (SSSR count). The van der Waals surface area contributed by atoms with Crippen LogP contribution in [0.15, 0.2) is 45.5 Å². The lowest BCUT2D eigenvalue weighted by Crippen LogP contribution is -1.69. The Labute approximate surface area is 90.7 Å². The summed E-state index contributed by atoms with van der Waals surface area (Å²) in [4.78, 5) is 0. The van der Waals surface area contributed by atoms with E-state index < -0.39 is 0 Å². The van der Waals surface area contributed by atoms with Crippen molar-refractivity contribution in [2.75, 3.05) is 0 Å². The van der Waals surface area contributed by atoms with Gasteiger partial charge in [0.05, 0.1) is 5.56 Å². The molecule has 16 heavy (non-hydrogen) atoms. The van der Waals surface area contributed by atoms with E-state index in [1.54, 1.807) is 12.3 Å². The third-order valence-electron chi connectivity index (χ3n) is 2.37. The van der Waals surface area contributed by atoms with Crippen LogP contribution in [0, 0.1) is 11.3 Å². The highest BCUT2D eigenvalue weighted by Gasteiger charge is 2.12. The molecule has 0 unspecified atom stereocenters. The van der Waals surface area contributed by atoms with Gasteiger partial charge in [-0.05, 0) is 6.07 Å². The van der Waals surface area contributed by atoms with Gasteiger partial charge in [0.25, 0.3) is 0 Å². The summed E-state index contributed by atoms with van der Waals surface area (Å²) in [6, 6.07) is 11.1. The lowest BCUT2D eigenvalue weighted by atomic mass is 10.1. The number of furan rings is 1. The summed E-state index contributed by atoms with van der Waals surface area (Å²) in [7, 11) is 0. The van der Waals surface area contributed by atoms with Gasteiger partial charge in [-0.25, -0.2) is 0 Å². The zero-order chi connectivity index (χ0) is 11.0. The van der Waals surface area contributed by atoms with Crippen molar-refractivity contribution >= 4 is 11.0 Å². The summed E-state index contributed by atoms with van der Waals surface area (Å²) < 4.78 is 10.5. The number of hydrogen-bond acceptors (Lipinski definition) is 4. The number of fused-ring (bicyclic) bond motifs is 1. The van der Waals surface area contributed by atoms with Crippen molar-refractivity contribution < 1.29 is 8.94 Å². The minimum Gasteiger partial charge on any atom is -0.464 e. The zero-order valence-corrected chi connectivity index (χ0v) is 8.18. The molecule has 0 saturated carbocycles. The van der Waals surface area contributed by atoms with Gasteiger partial charge in [-0.1, -0.05) is 23.4 Å². The number of aromatic nitrogens is 1. The van der Waals surface area contributed by atoms with Gasteiger partial charge in [0, 0.05) is 11.5 Å². The summed E-state index contributed by atoms with van der Waals surface area (Å²) in [6.45, 7) is 0. The summed E-state index contributed by atoms with van der Waals surface area (Å²) in [6.07, 6.45) is 1.60. The monoisotopic (exact) mass is 210 g/mol. The van der Waals surface area contributed by atoms with Gasteiger partial charge in [-0.3, -0.25) is 0 Å². The smallest absolute Gasteiger partial charge is 0.184 e. The molecule has 0 N–H and O–H groups in total. The van der Waals surface area contributed by atoms with Crippen LogP contribution in [0.25, 0.3) is 22.3 Å². The van der Waals surface area contributed by atoms with Crippen LogP contribution in [0.3, 0.4) is 0 Å². The van der Waals surface area contributed by atoms with Crippen LogP contribution in [0.1, 0.15) is 5.69 Å². The normalized spacial score (nSPS) is 10.4. The van der Waals surface area contributed by atoms with E-state index in [0.29, 0.717) is 5.76 Å². The van der Waals surface area contributed by atoms with E-state index >= 15 is 0 Å². The molecule has 3 aromatic rings. The minimum atomic E-state index is 0.264. The molecule has 0 atom stereocenters. The maximum Gasteiger partial charge on any atom is 0.184 e. The van der Waals surface area contributed by atoms with E-state index in [0.717, 1.165) is 16.5 Å². The fourth-order valence-corrected chi connectivity index (χ4v) is 1.62. The average Bonchev–Trinajstić information content (AvgIpc) is 2.94. The lowest BCUT2D eigenvalue weighted by Gasteiger charge is -1.89. The van der Waals surface area contributed by atoms with Gasteiger partial charge < -0.3 is 8.94 Å². The molecule has 0 aliphatic carbocycles. The predicted molar refractivity (Wildman–Crippen MR) is 56.4 cm³/mol. The van der Waals surface area contributed by atoms with Crippen molar-refractivity contribution in [1.82, 2.24) is 5.16 Å². The molecule has 0 aliphatic heterocycles. The predicted octanol–water partition coefficient (Wildman–Crippen LogP) is 2.96. The Bertz CT molecular complexity index is 688. The molecule has 0 amide bonds. The summed E-state index contributed by atoms with van der Waals surface area (Å²) in [5, 5.41) is 13.2. The molecule has 76 valence electrons. The van der Waals surface area contributed by atoms with Gasteiger partial charge in [-0.2, -0.15) is 5.26 Å². The number of nitrogens with zero attached hydrogens (tertiary/aromatic N) is 2. The fourth-order valence-electron chi connectivity index (χ4n) is 1.62. The second kappa shape index (κ2) is 3.24. The highest BCUT2D eigenvalue weighted by Crippen LogP contribution is 2.30. The van der Waals surface area contributed by atoms with Gasteiger partial charge >= 0.3 is 0 Å². The highest BCUT2D eigenvalue weighted by atomic mass is 16.5. The van der Waals surface area contributed by atoms with E-state index in [-0.39, 0.29) is 5.69 Å². The molecule has 2 heterocycles. The Kier molecular flexibility index (Phi) is 1.77. The van der Waals surface area contributed by atoms with Crippen LogP contribution in [0.4, 0.5) is 0 Å². The van der Waals surface area contributed by atoms with Crippen LogP contribution < -0.4 is 0 Å². The number of hydrogen-bond donors (Lipinski definition) is 0. The first kappa shape index (κ1) is 8.74. The zero-order valence-electron chi connectivity index (χ0n) is 8.18. The molecule has 2 aromatic heterocycles. The lowest BCUT2D eigenvalue weighted by molar-refractivity contribution is 0.429. The third-order valence-corrected chi connectivity index (χ3v) is 2.37. The molecule has 4 heteroatoms. The summed E-state index contributed by atoms with van der Waals surface area (Å²) >= 11 is 0. The molecule has 0 aliphatic rings. The average molecular weight is 210 g/mol. The van der Waals surface area contributed by atoms with E-state index in [9.17, 15) is 0 Å². The largest absolute Gasteiger partial charge is 0.464 e. The molecular formula is C12H6N2O2. The summed E-state index contributed by atoms with van der Waals surface area (Å²) in [5.41, 5.74) is 1.86. The number of rotatable bonds is 1. The molecule has 4 nitrogen and oxygen atoms in total. The highest BCUT2D eigenvalue weighted by molar-refractivity contribution is 5.92. The maximum absolute atomic E-state index is 8.67. The number of para-hydroxylation sites is 1. The molecule has 0 spiro atoms. The van der Waals surface area contributed by atoms with E-state index in [1.165, 1.54) is 0 Å². The van der Waals surface area contributed by atoms with E-state index in [4.69, 9.17) is 14.2 Å². The molecular weight excluding hydrogens is 204 g/mol. The first-order valence-electron chi connectivity index (χ1n) is 4.72. The Balaban J connectivity index is 2.23. The topological polar surface area (TPSA) is 63.0 Å². The Morgan fingerprint density at radius 1 is 1.25 bits per heavy atom. The van der Waals surface area contributed by atoms with Gasteiger partial charge in [0.2, 0.25) is 0 Å². The molecule has 1 aromatic carbocycles. The SMILES string of the molecule is N#Cc1cc(-c2coc3ccccc23)on1. The van der Waals surface area contributed by atoms with Crippen molar-refractivity contribution in [3.05, 3.63) is 42.3 Å². The third kappa shape index (κ3) is 1.19. The van der Waals surface area contributed by atoms with Gasteiger partial charge in [-0.15, -0.1) is 0 Å². The van der Waals surface area contributed by atoms with E-state index in [1.807, 2.05) is 30.3 Å². The van der Waals surface area contributed by atoms with Crippen LogP contribution in [0.2, 0.25) is 0 Å². The first-order valence-corrected chi connectivity index (χ1v) is 4.72. The Morgan fingerprint density at radius 3 is 2.94 bits per heavy atom. The van der Waals surface area contributed by atoms with Crippen LogP contribution in [-0.2, 0) is 0 Å². The second-order valence-electron chi connectivity index (χ2n) is 3.33. The maximum atomic E-state index is 8.67. The van der Waals surface area contributed by atoms with Crippen molar-refractivity contribution in [3.63, 3.8) is 0 Å². The molecule has 0 radical (unpaired) electrons. The first-order chi connectivity index (χ1) is 7.88. The van der Waals surface area contributed by atoms with Crippen molar-refractivity contribution in [2.24, 2.45) is 0 Å². The van der Waals surface area contributed by atoms with Crippen LogP contribution in [-0.4, -0.2) is 5.16 Å². The van der Waals surface area contributed by atoms with Gasteiger partial charge in [0.1, 0.15) is 17.9 Å². The standard InChI is InChI=1S/C12H6N2O2/c13-6-8-5-12(16-14-8)10-7-15-11-4-2-1-3-9(10)11/h1-5,7H. The minimum absolute atomic E-state index is 0.264. The van der Waals surface area contributed by atoms with Gasteiger partial charge in [0.15, 0.2) is 11.5 Å². The fraction of sp³-hybridized carbons (Fsp3) is 0. The van der Waals surface area contributed by atoms with Crippen molar-refractivity contribution in [1.29, 1.82) is 5.26 Å². The second-order valence-corrected chi connectivity index (χ2v) is 3.33. The molecule has 0 saturated heterocycles. The Hall–Kier alpha value is -2.54. The summed E-state index contributed by atoms with van der Waals surface area (Å²) in [5.74, 6) is 0.543. The molecule has 0 fully saturated rings. The van der Waals surface area contributed by atoms with E-state index in [2.05, 4.69) is 5.16 Å². The molecule has 0 bridgehead atoms. The van der Waals surface area contributed by atoms with Crippen molar-refractivity contribution in [3.8, 4) is 17.4 Å². The number of benzene rings is 1. The number of nitriles is 1.